The predicted octanol–water partition coefficient (Wildman–Crippen LogP) is 6.44. The minimum Gasteiger partial charge on any atom is -0.462 e. The van der Waals surface area contributed by atoms with Crippen molar-refractivity contribution in [3.8, 4) is 0 Å². The van der Waals surface area contributed by atoms with Gasteiger partial charge in [0.25, 0.3) is 0 Å². The fourth-order valence-corrected chi connectivity index (χ4v) is 6.68. The molecule has 0 aromatic carbocycles. The Morgan fingerprint density at radius 1 is 0.593 bits per heavy atom. The number of allylic oxidation sites excluding steroid dienone is 8. The monoisotopic (exact) mass is 788 g/mol. The van der Waals surface area contributed by atoms with E-state index >= 15 is 0 Å². The van der Waals surface area contributed by atoms with Crippen LogP contribution < -0.4 is 0 Å². The Balaban J connectivity index is 2.59. The standard InChI is InChI=1S/C40H69O13P/c1-3-5-7-9-11-13-15-17-19-21-23-25-27-29-34(42)52-32(30-50-33(41)28-26-24-22-20-18-16-14-12-10-8-6-4-2)31-51-54(48,49)53-40-38(46)36(44)35(43)37(45)39(40)47/h5,7,11,13,17,19,23,25,32,35-40,43-47H,3-4,6,8-10,12,14-16,18,20-22,24,26-31H2,1-2H3,(H,48,49)/b7-5-,13-11-,19-17-,25-23-. The van der Waals surface area contributed by atoms with Crippen molar-refractivity contribution in [1.82, 2.24) is 0 Å². The van der Waals surface area contributed by atoms with Crippen molar-refractivity contribution in [3.63, 3.8) is 0 Å². The Morgan fingerprint density at radius 3 is 1.57 bits per heavy atom. The van der Waals surface area contributed by atoms with Gasteiger partial charge in [-0.3, -0.25) is 18.6 Å². The van der Waals surface area contributed by atoms with Gasteiger partial charge in [-0.05, 0) is 38.5 Å². The maximum Gasteiger partial charge on any atom is 0.472 e. The Hall–Kier alpha value is -2.19. The minimum absolute atomic E-state index is 0.0244. The van der Waals surface area contributed by atoms with Gasteiger partial charge in [-0.2, -0.15) is 0 Å². The largest absolute Gasteiger partial charge is 0.472 e. The van der Waals surface area contributed by atoms with E-state index < -0.39 is 75.7 Å². The number of ether oxygens (including phenoxy) is 2. The molecule has 1 saturated carbocycles. The molecule has 1 aliphatic carbocycles. The minimum atomic E-state index is -5.13. The molecule has 1 aliphatic rings. The van der Waals surface area contributed by atoms with E-state index in [2.05, 4.69) is 44.2 Å². The molecule has 14 heteroatoms. The number of rotatable bonds is 31. The van der Waals surface area contributed by atoms with Gasteiger partial charge in [0.2, 0.25) is 0 Å². The van der Waals surface area contributed by atoms with Crippen LogP contribution in [0.25, 0.3) is 0 Å². The lowest BCUT2D eigenvalue weighted by Gasteiger charge is -2.41. The summed E-state index contributed by atoms with van der Waals surface area (Å²) in [6, 6.07) is 0. The van der Waals surface area contributed by atoms with Crippen LogP contribution in [0.2, 0.25) is 0 Å². The number of aliphatic hydroxyl groups is 5. The number of carbonyl (C=O) groups is 2. The molecule has 13 nitrogen and oxygen atoms in total. The van der Waals surface area contributed by atoms with Crippen LogP contribution in [0.4, 0.5) is 0 Å². The number of phosphoric ester groups is 1. The molecule has 0 bridgehead atoms. The number of carbonyl (C=O) groups excluding carboxylic acids is 2. The van der Waals surface area contributed by atoms with Crippen LogP contribution in [0, 0.1) is 0 Å². The van der Waals surface area contributed by atoms with Crippen LogP contribution in [0.1, 0.15) is 136 Å². The van der Waals surface area contributed by atoms with Crippen molar-refractivity contribution in [3.05, 3.63) is 48.6 Å². The summed E-state index contributed by atoms with van der Waals surface area (Å²) in [6.07, 6.45) is 20.6. The first-order chi connectivity index (χ1) is 25.9. The van der Waals surface area contributed by atoms with E-state index in [4.69, 9.17) is 18.5 Å². The summed E-state index contributed by atoms with van der Waals surface area (Å²) in [6.45, 7) is 3.08. The van der Waals surface area contributed by atoms with Gasteiger partial charge in [-0.1, -0.05) is 133 Å². The van der Waals surface area contributed by atoms with Crippen molar-refractivity contribution < 1.29 is 63.1 Å². The zero-order chi connectivity index (χ0) is 40.0. The number of aliphatic hydroxyl groups excluding tert-OH is 5. The first kappa shape index (κ1) is 49.8. The van der Waals surface area contributed by atoms with E-state index in [1.165, 1.54) is 51.4 Å². The number of esters is 2. The highest BCUT2D eigenvalue weighted by Gasteiger charge is 2.51. The van der Waals surface area contributed by atoms with Crippen molar-refractivity contribution in [2.45, 2.75) is 179 Å². The molecule has 0 aromatic heterocycles. The van der Waals surface area contributed by atoms with Gasteiger partial charge in [0.15, 0.2) is 6.10 Å². The second-order valence-electron chi connectivity index (χ2n) is 13.8. The lowest BCUT2D eigenvalue weighted by molar-refractivity contribution is -0.220. The highest BCUT2D eigenvalue weighted by Crippen LogP contribution is 2.47. The third kappa shape index (κ3) is 23.7. The van der Waals surface area contributed by atoms with Crippen LogP contribution in [-0.4, -0.2) is 98.3 Å². The van der Waals surface area contributed by atoms with Gasteiger partial charge >= 0.3 is 19.8 Å². The average molecular weight is 789 g/mol. The van der Waals surface area contributed by atoms with Crippen molar-refractivity contribution >= 4 is 19.8 Å². The molecular formula is C40H69O13P. The van der Waals surface area contributed by atoms with Crippen molar-refractivity contribution in [2.75, 3.05) is 13.2 Å². The number of phosphoric acid groups is 1. The molecule has 312 valence electrons. The van der Waals surface area contributed by atoms with Gasteiger partial charge in [0, 0.05) is 12.8 Å². The van der Waals surface area contributed by atoms with Crippen LogP contribution in [0.15, 0.2) is 48.6 Å². The van der Waals surface area contributed by atoms with E-state index in [0.717, 1.165) is 38.5 Å². The smallest absolute Gasteiger partial charge is 0.462 e. The Labute approximate surface area is 322 Å². The second-order valence-corrected chi connectivity index (χ2v) is 15.2. The van der Waals surface area contributed by atoms with Crippen molar-refractivity contribution in [2.24, 2.45) is 0 Å². The van der Waals surface area contributed by atoms with Crippen LogP contribution in [-0.2, 0) is 32.7 Å². The molecular weight excluding hydrogens is 719 g/mol. The van der Waals surface area contributed by atoms with E-state index in [-0.39, 0.29) is 12.8 Å². The Kier molecular flexibility index (Phi) is 28.6. The van der Waals surface area contributed by atoms with Gasteiger partial charge in [0.05, 0.1) is 6.61 Å². The van der Waals surface area contributed by atoms with Crippen LogP contribution in [0.3, 0.4) is 0 Å². The van der Waals surface area contributed by atoms with E-state index in [1.54, 1.807) is 0 Å². The highest BCUT2D eigenvalue weighted by atomic mass is 31.2. The quantitative estimate of drug-likeness (QED) is 0.0194. The predicted molar refractivity (Wildman–Crippen MR) is 207 cm³/mol. The SMILES string of the molecule is CC/C=C\C/C=C\C/C=C\C/C=C\CCC(=O)OC(COC(=O)CCCCCCCCCCCCCC)COP(=O)(O)OC1C(O)C(O)C(O)C(O)C1O. The van der Waals surface area contributed by atoms with E-state index in [9.17, 15) is 44.6 Å². The molecule has 54 heavy (non-hydrogen) atoms. The molecule has 0 aliphatic heterocycles. The molecule has 0 radical (unpaired) electrons. The van der Waals surface area contributed by atoms with Crippen LogP contribution >= 0.6 is 7.82 Å². The maximum atomic E-state index is 12.7. The third-order valence-corrected chi connectivity index (χ3v) is 9.93. The molecule has 6 unspecified atom stereocenters. The zero-order valence-electron chi connectivity index (χ0n) is 32.5. The molecule has 1 fully saturated rings. The van der Waals surface area contributed by atoms with Crippen molar-refractivity contribution in [1.29, 1.82) is 0 Å². The Bertz CT molecular complexity index is 1140. The summed E-state index contributed by atoms with van der Waals surface area (Å²) in [5.74, 6) is -1.20. The zero-order valence-corrected chi connectivity index (χ0v) is 33.4. The fraction of sp³-hybridized carbons (Fsp3) is 0.750. The van der Waals surface area contributed by atoms with Gasteiger partial charge in [0.1, 0.15) is 43.2 Å². The number of hydrogen-bond donors (Lipinski definition) is 6. The highest BCUT2D eigenvalue weighted by molar-refractivity contribution is 7.47. The molecule has 6 N–H and O–H groups in total. The lowest BCUT2D eigenvalue weighted by atomic mass is 9.85. The average Bonchev–Trinajstić information content (AvgIpc) is 3.15. The molecule has 0 aromatic rings. The normalized spacial score (nSPS) is 23.8. The van der Waals surface area contributed by atoms with Crippen LogP contribution in [0.5, 0.6) is 0 Å². The lowest BCUT2D eigenvalue weighted by Crippen LogP contribution is -2.64. The molecule has 0 saturated heterocycles. The Morgan fingerprint density at radius 2 is 1.06 bits per heavy atom. The molecule has 0 spiro atoms. The second kappa shape index (κ2) is 31.0. The summed E-state index contributed by atoms with van der Waals surface area (Å²) in [5, 5.41) is 49.9. The summed E-state index contributed by atoms with van der Waals surface area (Å²) in [7, 11) is -5.13. The third-order valence-electron chi connectivity index (χ3n) is 8.95. The van der Waals surface area contributed by atoms with E-state index in [1.807, 2.05) is 18.2 Å². The van der Waals surface area contributed by atoms with E-state index in [0.29, 0.717) is 19.3 Å². The molecule has 0 amide bonds. The fourth-order valence-electron chi connectivity index (χ4n) is 5.71. The number of hydrogen-bond acceptors (Lipinski definition) is 12. The topological polar surface area (TPSA) is 210 Å². The number of unbranched alkanes of at least 4 members (excludes halogenated alkanes) is 11. The summed E-state index contributed by atoms with van der Waals surface area (Å²) >= 11 is 0. The summed E-state index contributed by atoms with van der Waals surface area (Å²) in [4.78, 5) is 35.4. The molecule has 0 heterocycles. The molecule has 6 atom stereocenters. The van der Waals surface area contributed by atoms with Gasteiger partial charge in [-0.15, -0.1) is 0 Å². The molecule has 1 rings (SSSR count). The maximum absolute atomic E-state index is 12.7. The summed E-state index contributed by atoms with van der Waals surface area (Å²) in [5.41, 5.74) is 0. The first-order valence-corrected chi connectivity index (χ1v) is 21.4. The van der Waals surface area contributed by atoms with Gasteiger partial charge < -0.3 is 39.9 Å². The first-order valence-electron chi connectivity index (χ1n) is 19.9. The summed E-state index contributed by atoms with van der Waals surface area (Å²) < 4.78 is 33.2. The van der Waals surface area contributed by atoms with Gasteiger partial charge in [-0.25, -0.2) is 4.57 Å².